The van der Waals surface area contributed by atoms with E-state index in [1.165, 1.54) is 0 Å². The average molecular weight is 414 g/mol. The SMILES string of the molecule is CC(C)NC(=O)c1ccc(Cl)c(NC(=O)CCc2cccc(Cl)c2Cl)c1. The summed E-state index contributed by atoms with van der Waals surface area (Å²) in [5, 5.41) is 6.80. The van der Waals surface area contributed by atoms with Crippen LogP contribution in [0.3, 0.4) is 0 Å². The molecule has 2 aromatic carbocycles. The lowest BCUT2D eigenvalue weighted by Gasteiger charge is -2.12. The van der Waals surface area contributed by atoms with E-state index in [1.807, 2.05) is 19.9 Å². The van der Waals surface area contributed by atoms with Crippen molar-refractivity contribution in [1.29, 1.82) is 0 Å². The van der Waals surface area contributed by atoms with Crippen molar-refractivity contribution < 1.29 is 9.59 Å². The highest BCUT2D eigenvalue weighted by atomic mass is 35.5. The molecule has 2 aromatic rings. The zero-order valence-electron chi connectivity index (χ0n) is 14.4. The maximum Gasteiger partial charge on any atom is 0.251 e. The number of benzene rings is 2. The Kier molecular flexibility index (Phi) is 7.33. The topological polar surface area (TPSA) is 58.2 Å². The first-order valence-electron chi connectivity index (χ1n) is 8.11. The van der Waals surface area contributed by atoms with E-state index in [0.717, 1.165) is 5.56 Å². The van der Waals surface area contributed by atoms with Gasteiger partial charge in [-0.05, 0) is 50.1 Å². The molecule has 26 heavy (non-hydrogen) atoms. The normalized spacial score (nSPS) is 10.7. The first kappa shape index (κ1) is 20.6. The highest BCUT2D eigenvalue weighted by Crippen LogP contribution is 2.27. The third-order valence-corrected chi connectivity index (χ3v) is 4.76. The molecule has 0 bridgehead atoms. The van der Waals surface area contributed by atoms with Crippen LogP contribution in [0.5, 0.6) is 0 Å². The quantitative estimate of drug-likeness (QED) is 0.670. The van der Waals surface area contributed by atoms with E-state index in [-0.39, 0.29) is 24.3 Å². The molecule has 138 valence electrons. The van der Waals surface area contributed by atoms with Gasteiger partial charge in [-0.15, -0.1) is 0 Å². The third kappa shape index (κ3) is 5.63. The van der Waals surface area contributed by atoms with Gasteiger partial charge in [0.15, 0.2) is 0 Å². The molecule has 0 heterocycles. The summed E-state index contributed by atoms with van der Waals surface area (Å²) >= 11 is 18.2. The van der Waals surface area contributed by atoms with Crippen LogP contribution in [0.4, 0.5) is 5.69 Å². The second-order valence-electron chi connectivity index (χ2n) is 6.08. The number of carbonyl (C=O) groups excluding carboxylic acids is 2. The maximum absolute atomic E-state index is 12.2. The molecule has 0 aromatic heterocycles. The Bertz CT molecular complexity index is 822. The van der Waals surface area contributed by atoms with Gasteiger partial charge in [-0.2, -0.15) is 0 Å². The van der Waals surface area contributed by atoms with E-state index in [1.54, 1.807) is 30.3 Å². The number of carbonyl (C=O) groups is 2. The fourth-order valence-corrected chi connectivity index (χ4v) is 2.89. The van der Waals surface area contributed by atoms with Gasteiger partial charge in [0.05, 0.1) is 20.8 Å². The van der Waals surface area contributed by atoms with Crippen molar-refractivity contribution in [3.63, 3.8) is 0 Å². The summed E-state index contributed by atoms with van der Waals surface area (Å²) in [6.07, 6.45) is 0.648. The molecule has 2 rings (SSSR count). The molecule has 0 aliphatic carbocycles. The molecular formula is C19H19Cl3N2O2. The third-order valence-electron chi connectivity index (χ3n) is 3.58. The fraction of sp³-hybridized carbons (Fsp3) is 0.263. The highest BCUT2D eigenvalue weighted by Gasteiger charge is 2.13. The summed E-state index contributed by atoms with van der Waals surface area (Å²) in [4.78, 5) is 24.3. The molecule has 7 heteroatoms. The largest absolute Gasteiger partial charge is 0.350 e. The molecule has 4 nitrogen and oxygen atoms in total. The minimum absolute atomic E-state index is 0.0127. The second-order valence-corrected chi connectivity index (χ2v) is 7.28. The molecule has 0 unspecified atom stereocenters. The number of hydrogen-bond acceptors (Lipinski definition) is 2. The Balaban J connectivity index is 2.04. The molecular weight excluding hydrogens is 395 g/mol. The molecule has 2 N–H and O–H groups in total. The van der Waals surface area contributed by atoms with E-state index in [2.05, 4.69) is 10.6 Å². The van der Waals surface area contributed by atoms with Crippen LogP contribution in [0.15, 0.2) is 36.4 Å². The molecule has 0 aliphatic rings. The van der Waals surface area contributed by atoms with Gasteiger partial charge in [0.2, 0.25) is 5.91 Å². The van der Waals surface area contributed by atoms with Gasteiger partial charge in [0, 0.05) is 18.0 Å². The number of amides is 2. The Morgan fingerprint density at radius 2 is 1.77 bits per heavy atom. The molecule has 0 atom stereocenters. The van der Waals surface area contributed by atoms with Gasteiger partial charge in [0.1, 0.15) is 0 Å². The van der Waals surface area contributed by atoms with Crippen molar-refractivity contribution >= 4 is 52.3 Å². The number of anilines is 1. The monoisotopic (exact) mass is 412 g/mol. The minimum Gasteiger partial charge on any atom is -0.350 e. The van der Waals surface area contributed by atoms with Crippen LogP contribution in [0.1, 0.15) is 36.2 Å². The highest BCUT2D eigenvalue weighted by molar-refractivity contribution is 6.42. The fourth-order valence-electron chi connectivity index (χ4n) is 2.31. The molecule has 0 saturated heterocycles. The van der Waals surface area contributed by atoms with Crippen molar-refractivity contribution in [2.45, 2.75) is 32.7 Å². The number of nitrogens with one attached hydrogen (secondary N) is 2. The van der Waals surface area contributed by atoms with Crippen molar-refractivity contribution in [3.05, 3.63) is 62.6 Å². The Labute approximate surface area is 167 Å². The van der Waals surface area contributed by atoms with Crippen molar-refractivity contribution in [2.75, 3.05) is 5.32 Å². The molecule has 0 radical (unpaired) electrons. The number of rotatable bonds is 6. The zero-order chi connectivity index (χ0) is 19.3. The predicted molar refractivity (Wildman–Crippen MR) is 107 cm³/mol. The first-order valence-corrected chi connectivity index (χ1v) is 9.24. The van der Waals surface area contributed by atoms with Gasteiger partial charge in [0.25, 0.3) is 5.91 Å². The summed E-state index contributed by atoms with van der Waals surface area (Å²) < 4.78 is 0. The summed E-state index contributed by atoms with van der Waals surface area (Å²) in [5.41, 5.74) is 1.62. The van der Waals surface area contributed by atoms with Crippen molar-refractivity contribution in [3.8, 4) is 0 Å². The predicted octanol–water partition coefficient (Wildman–Crippen LogP) is 5.36. The Morgan fingerprint density at radius 1 is 1.04 bits per heavy atom. The molecule has 0 spiro atoms. The Morgan fingerprint density at radius 3 is 2.46 bits per heavy atom. The van der Waals surface area contributed by atoms with Gasteiger partial charge in [-0.1, -0.05) is 46.9 Å². The summed E-state index contributed by atoms with van der Waals surface area (Å²) in [7, 11) is 0. The number of hydrogen-bond donors (Lipinski definition) is 2. The van der Waals surface area contributed by atoms with Crippen molar-refractivity contribution in [1.82, 2.24) is 5.32 Å². The van der Waals surface area contributed by atoms with Crippen LogP contribution in [-0.4, -0.2) is 17.9 Å². The molecule has 2 amide bonds. The lowest BCUT2D eigenvalue weighted by Crippen LogP contribution is -2.30. The second kappa shape index (κ2) is 9.26. The van der Waals surface area contributed by atoms with Crippen LogP contribution in [0, 0.1) is 0 Å². The van der Waals surface area contributed by atoms with Gasteiger partial charge in [-0.3, -0.25) is 9.59 Å². The van der Waals surface area contributed by atoms with Gasteiger partial charge < -0.3 is 10.6 Å². The maximum atomic E-state index is 12.2. The van der Waals surface area contributed by atoms with E-state index in [9.17, 15) is 9.59 Å². The summed E-state index contributed by atoms with van der Waals surface area (Å²) in [6.45, 7) is 3.74. The van der Waals surface area contributed by atoms with E-state index in [4.69, 9.17) is 34.8 Å². The van der Waals surface area contributed by atoms with Gasteiger partial charge in [-0.25, -0.2) is 0 Å². The van der Waals surface area contributed by atoms with Crippen LogP contribution in [0.25, 0.3) is 0 Å². The molecule has 0 saturated carbocycles. The lowest BCUT2D eigenvalue weighted by atomic mass is 10.1. The molecule has 0 aliphatic heterocycles. The standard InChI is InChI=1S/C19H19Cl3N2O2/c1-11(2)23-19(26)13-6-8-14(20)16(10-13)24-17(25)9-7-12-4-3-5-15(21)18(12)22/h3-6,8,10-11H,7,9H2,1-2H3,(H,23,26)(H,24,25). The first-order chi connectivity index (χ1) is 12.3. The summed E-state index contributed by atoms with van der Waals surface area (Å²) in [5.74, 6) is -0.456. The van der Waals surface area contributed by atoms with Crippen LogP contribution in [-0.2, 0) is 11.2 Å². The van der Waals surface area contributed by atoms with E-state index < -0.39 is 0 Å². The summed E-state index contributed by atoms with van der Waals surface area (Å²) in [6, 6.07) is 10.1. The van der Waals surface area contributed by atoms with Crippen molar-refractivity contribution in [2.24, 2.45) is 0 Å². The van der Waals surface area contributed by atoms with Crippen LogP contribution < -0.4 is 10.6 Å². The number of halogens is 3. The number of aryl methyl sites for hydroxylation is 1. The van der Waals surface area contributed by atoms with E-state index in [0.29, 0.717) is 32.7 Å². The van der Waals surface area contributed by atoms with Gasteiger partial charge >= 0.3 is 0 Å². The smallest absolute Gasteiger partial charge is 0.251 e. The lowest BCUT2D eigenvalue weighted by molar-refractivity contribution is -0.116. The molecule has 0 fully saturated rings. The zero-order valence-corrected chi connectivity index (χ0v) is 16.7. The van der Waals surface area contributed by atoms with Crippen LogP contribution >= 0.6 is 34.8 Å². The van der Waals surface area contributed by atoms with E-state index >= 15 is 0 Å². The Hall–Kier alpha value is -1.75. The average Bonchev–Trinajstić information content (AvgIpc) is 2.57. The minimum atomic E-state index is -0.232. The van der Waals surface area contributed by atoms with Crippen LogP contribution in [0.2, 0.25) is 15.1 Å².